The lowest BCUT2D eigenvalue weighted by molar-refractivity contribution is -0.143. The van der Waals surface area contributed by atoms with E-state index in [0.29, 0.717) is 13.0 Å². The van der Waals surface area contributed by atoms with E-state index in [4.69, 9.17) is 4.42 Å². The van der Waals surface area contributed by atoms with Crippen LogP contribution in [-0.2, 0) is 20.4 Å². The molecule has 2 unspecified atom stereocenters. The zero-order chi connectivity index (χ0) is 19.6. The Hall–Kier alpha value is -2.61. The van der Waals surface area contributed by atoms with Gasteiger partial charge in [0.05, 0.1) is 22.8 Å². The van der Waals surface area contributed by atoms with Crippen molar-refractivity contribution >= 4 is 21.7 Å². The molecule has 1 fully saturated rings. The highest BCUT2D eigenvalue weighted by Gasteiger charge is 2.34. The number of furan rings is 1. The molecule has 0 saturated carbocycles. The van der Waals surface area contributed by atoms with E-state index in [2.05, 4.69) is 0 Å². The van der Waals surface area contributed by atoms with Gasteiger partial charge in [0.25, 0.3) is 5.91 Å². The van der Waals surface area contributed by atoms with Gasteiger partial charge in [0.2, 0.25) is 0 Å². The third kappa shape index (κ3) is 4.21. The monoisotopic (exact) mass is 391 g/mol. The Bertz CT molecular complexity index is 934. The number of nitrogens with zero attached hydrogens (tertiary/aromatic N) is 1. The summed E-state index contributed by atoms with van der Waals surface area (Å²) in [4.78, 5) is 25.8. The van der Waals surface area contributed by atoms with Crippen molar-refractivity contribution in [3.63, 3.8) is 0 Å². The number of rotatable bonds is 5. The summed E-state index contributed by atoms with van der Waals surface area (Å²) >= 11 is 0. The second-order valence-electron chi connectivity index (χ2n) is 6.93. The van der Waals surface area contributed by atoms with E-state index in [1.54, 1.807) is 18.2 Å². The molecule has 2 heterocycles. The van der Waals surface area contributed by atoms with Crippen LogP contribution in [0.25, 0.3) is 0 Å². The SMILES string of the molecule is CC1CC(C(=O)O)CN(C(=O)c2occc2CS(=O)(=O)c2ccccc2)C1. The summed E-state index contributed by atoms with van der Waals surface area (Å²) < 4.78 is 30.5. The fourth-order valence-electron chi connectivity index (χ4n) is 3.39. The predicted molar refractivity (Wildman–Crippen MR) is 96.9 cm³/mol. The summed E-state index contributed by atoms with van der Waals surface area (Å²) in [6, 6.07) is 9.46. The summed E-state index contributed by atoms with van der Waals surface area (Å²) in [6.45, 7) is 2.39. The lowest BCUT2D eigenvalue weighted by atomic mass is 9.90. The van der Waals surface area contributed by atoms with Crippen molar-refractivity contribution in [2.45, 2.75) is 24.0 Å². The molecule has 1 aliphatic rings. The molecule has 1 aliphatic heterocycles. The summed E-state index contributed by atoms with van der Waals surface area (Å²) in [6.07, 6.45) is 1.79. The molecule has 1 aromatic heterocycles. The molecule has 8 heteroatoms. The van der Waals surface area contributed by atoms with Gasteiger partial charge in [-0.2, -0.15) is 0 Å². The van der Waals surface area contributed by atoms with E-state index < -0.39 is 27.6 Å². The minimum atomic E-state index is -3.63. The first kappa shape index (κ1) is 19.2. The van der Waals surface area contributed by atoms with Gasteiger partial charge < -0.3 is 14.4 Å². The highest BCUT2D eigenvalue weighted by molar-refractivity contribution is 7.90. The number of amides is 1. The Morgan fingerprint density at radius 2 is 1.89 bits per heavy atom. The van der Waals surface area contributed by atoms with Crippen LogP contribution >= 0.6 is 0 Å². The van der Waals surface area contributed by atoms with Crippen LogP contribution in [0, 0.1) is 11.8 Å². The van der Waals surface area contributed by atoms with Gasteiger partial charge in [0.15, 0.2) is 15.6 Å². The van der Waals surface area contributed by atoms with Crippen LogP contribution in [0.1, 0.15) is 29.5 Å². The average molecular weight is 391 g/mol. The topological polar surface area (TPSA) is 105 Å². The zero-order valence-electron chi connectivity index (χ0n) is 14.9. The van der Waals surface area contributed by atoms with Crippen molar-refractivity contribution in [3.05, 3.63) is 54.0 Å². The smallest absolute Gasteiger partial charge is 0.308 e. The van der Waals surface area contributed by atoms with E-state index in [0.717, 1.165) is 0 Å². The Morgan fingerprint density at radius 1 is 1.19 bits per heavy atom. The molecule has 0 bridgehead atoms. The van der Waals surface area contributed by atoms with Gasteiger partial charge in [-0.3, -0.25) is 9.59 Å². The molecule has 1 aromatic carbocycles. The number of hydrogen-bond acceptors (Lipinski definition) is 5. The largest absolute Gasteiger partial charge is 0.481 e. The first-order valence-corrected chi connectivity index (χ1v) is 10.3. The number of likely N-dealkylation sites (tertiary alicyclic amines) is 1. The second-order valence-corrected chi connectivity index (χ2v) is 8.92. The third-order valence-corrected chi connectivity index (χ3v) is 6.37. The van der Waals surface area contributed by atoms with Crippen molar-refractivity contribution in [1.82, 2.24) is 4.90 Å². The molecule has 1 N–H and O–H groups in total. The van der Waals surface area contributed by atoms with E-state index in [9.17, 15) is 23.1 Å². The van der Waals surface area contributed by atoms with Crippen LogP contribution in [0.4, 0.5) is 0 Å². The van der Waals surface area contributed by atoms with Crippen molar-refractivity contribution < 1.29 is 27.5 Å². The van der Waals surface area contributed by atoms with Crippen molar-refractivity contribution in [1.29, 1.82) is 0 Å². The van der Waals surface area contributed by atoms with Crippen LogP contribution < -0.4 is 0 Å². The fourth-order valence-corrected chi connectivity index (χ4v) is 4.77. The molecular weight excluding hydrogens is 370 g/mol. The summed E-state index contributed by atoms with van der Waals surface area (Å²) in [5.74, 6) is -2.42. The van der Waals surface area contributed by atoms with Crippen molar-refractivity contribution in [2.24, 2.45) is 11.8 Å². The zero-order valence-corrected chi connectivity index (χ0v) is 15.7. The van der Waals surface area contributed by atoms with Crippen LogP contribution in [0.3, 0.4) is 0 Å². The van der Waals surface area contributed by atoms with Crippen molar-refractivity contribution in [2.75, 3.05) is 13.1 Å². The van der Waals surface area contributed by atoms with Gasteiger partial charge >= 0.3 is 5.97 Å². The molecular formula is C19H21NO6S. The molecule has 27 heavy (non-hydrogen) atoms. The lowest BCUT2D eigenvalue weighted by Gasteiger charge is -2.34. The van der Waals surface area contributed by atoms with Crippen LogP contribution in [0.15, 0.2) is 52.0 Å². The number of carboxylic acid groups (broad SMARTS) is 1. The number of benzene rings is 1. The van der Waals surface area contributed by atoms with E-state index >= 15 is 0 Å². The average Bonchev–Trinajstić information content (AvgIpc) is 3.08. The first-order chi connectivity index (χ1) is 12.8. The van der Waals surface area contributed by atoms with E-state index in [1.165, 1.54) is 29.4 Å². The molecule has 3 rings (SSSR count). The third-order valence-electron chi connectivity index (χ3n) is 4.69. The van der Waals surface area contributed by atoms with Gasteiger partial charge in [-0.15, -0.1) is 0 Å². The normalized spacial score (nSPS) is 20.4. The van der Waals surface area contributed by atoms with E-state index in [1.807, 2.05) is 6.92 Å². The molecule has 0 spiro atoms. The number of carbonyl (C=O) groups is 2. The summed E-state index contributed by atoms with van der Waals surface area (Å²) in [5.41, 5.74) is 0.272. The second kappa shape index (κ2) is 7.56. The highest BCUT2D eigenvalue weighted by atomic mass is 32.2. The number of piperidine rings is 1. The number of sulfone groups is 1. The summed E-state index contributed by atoms with van der Waals surface area (Å²) in [7, 11) is -3.63. The fraction of sp³-hybridized carbons (Fsp3) is 0.368. The predicted octanol–water partition coefficient (Wildman–Crippen LogP) is 2.44. The Labute approximate surface area is 157 Å². The minimum absolute atomic E-state index is 0.0373. The van der Waals surface area contributed by atoms with Gasteiger partial charge in [-0.25, -0.2) is 8.42 Å². The van der Waals surface area contributed by atoms with Gasteiger partial charge in [0, 0.05) is 18.7 Å². The highest BCUT2D eigenvalue weighted by Crippen LogP contribution is 2.26. The van der Waals surface area contributed by atoms with Crippen LogP contribution in [0.2, 0.25) is 0 Å². The molecule has 0 aliphatic carbocycles. The maximum atomic E-state index is 12.9. The van der Waals surface area contributed by atoms with Gasteiger partial charge in [-0.1, -0.05) is 25.1 Å². The molecule has 2 atom stereocenters. The molecule has 1 amide bonds. The number of aliphatic carboxylic acids is 1. The molecule has 0 radical (unpaired) electrons. The van der Waals surface area contributed by atoms with Gasteiger partial charge in [0.1, 0.15) is 0 Å². The number of hydrogen-bond donors (Lipinski definition) is 1. The van der Waals surface area contributed by atoms with E-state index in [-0.39, 0.29) is 34.4 Å². The summed E-state index contributed by atoms with van der Waals surface area (Å²) in [5, 5.41) is 9.28. The van der Waals surface area contributed by atoms with Crippen LogP contribution in [0.5, 0.6) is 0 Å². The number of carbonyl (C=O) groups excluding carboxylic acids is 1. The molecule has 2 aromatic rings. The quantitative estimate of drug-likeness (QED) is 0.839. The molecule has 1 saturated heterocycles. The molecule has 144 valence electrons. The minimum Gasteiger partial charge on any atom is -0.481 e. The van der Waals surface area contributed by atoms with Crippen molar-refractivity contribution in [3.8, 4) is 0 Å². The first-order valence-electron chi connectivity index (χ1n) is 8.64. The Kier molecular flexibility index (Phi) is 5.36. The molecule has 7 nitrogen and oxygen atoms in total. The Balaban J connectivity index is 1.82. The Morgan fingerprint density at radius 3 is 2.56 bits per heavy atom. The van der Waals surface area contributed by atoms with Crippen LogP contribution in [-0.4, -0.2) is 43.4 Å². The standard InChI is InChI=1S/C19H21NO6S/c1-13-9-15(19(22)23)11-20(10-13)18(21)17-14(7-8-26-17)12-27(24,25)16-5-3-2-4-6-16/h2-8,13,15H,9-12H2,1H3,(H,22,23). The maximum absolute atomic E-state index is 12.9. The number of carboxylic acids is 1. The lowest BCUT2D eigenvalue weighted by Crippen LogP contribution is -2.45. The maximum Gasteiger partial charge on any atom is 0.308 e. The van der Waals surface area contributed by atoms with Gasteiger partial charge in [-0.05, 0) is 30.5 Å².